The Hall–Kier alpha value is -2.30. The van der Waals surface area contributed by atoms with Gasteiger partial charge in [0.2, 0.25) is 0 Å². The van der Waals surface area contributed by atoms with Crippen LogP contribution in [0.1, 0.15) is 10.6 Å². The molecule has 0 bridgehead atoms. The molecule has 0 spiro atoms. The largest absolute Gasteiger partial charge is 0.497 e. The highest BCUT2D eigenvalue weighted by atomic mass is 16.5. The van der Waals surface area contributed by atoms with Gasteiger partial charge in [-0.15, -0.1) is 0 Å². The van der Waals surface area contributed by atoms with Crippen molar-refractivity contribution >= 4 is 6.29 Å². The van der Waals surface area contributed by atoms with Gasteiger partial charge in [0.15, 0.2) is 18.4 Å². The number of carbonyl (C=O) groups is 1. The van der Waals surface area contributed by atoms with Gasteiger partial charge >= 0.3 is 0 Å². The fourth-order valence-electron chi connectivity index (χ4n) is 1.54. The van der Waals surface area contributed by atoms with Crippen molar-refractivity contribution in [2.75, 3.05) is 14.2 Å². The smallest absolute Gasteiger partial charge is 0.194 e. The average Bonchev–Trinajstić information content (AvgIpc) is 2.86. The summed E-state index contributed by atoms with van der Waals surface area (Å²) in [4.78, 5) is 14.8. The quantitative estimate of drug-likeness (QED) is 0.757. The van der Waals surface area contributed by atoms with Gasteiger partial charge in [0.25, 0.3) is 0 Å². The lowest BCUT2D eigenvalue weighted by atomic mass is 10.1. The highest BCUT2D eigenvalue weighted by molar-refractivity contribution is 5.84. The van der Waals surface area contributed by atoms with Crippen LogP contribution in [0.15, 0.2) is 29.0 Å². The number of oxazole rings is 1. The maximum atomic E-state index is 10.8. The molecule has 1 heterocycles. The Morgan fingerprint density at radius 2 is 2.12 bits per heavy atom. The SMILES string of the molecule is COc1ccc(OC)c(-c2ncoc2C=O)c1. The summed E-state index contributed by atoms with van der Waals surface area (Å²) >= 11 is 0. The van der Waals surface area contributed by atoms with Gasteiger partial charge in [0.1, 0.15) is 17.2 Å². The van der Waals surface area contributed by atoms with Crippen LogP contribution < -0.4 is 9.47 Å². The van der Waals surface area contributed by atoms with Crippen LogP contribution in [0.4, 0.5) is 0 Å². The summed E-state index contributed by atoms with van der Waals surface area (Å²) in [5.41, 5.74) is 1.10. The third kappa shape index (κ3) is 1.99. The highest BCUT2D eigenvalue weighted by Gasteiger charge is 2.15. The molecular formula is C12H11NO4. The molecule has 5 heteroatoms. The molecule has 88 valence electrons. The first kappa shape index (κ1) is 11.2. The summed E-state index contributed by atoms with van der Waals surface area (Å²) in [7, 11) is 3.11. The van der Waals surface area contributed by atoms with E-state index in [-0.39, 0.29) is 5.76 Å². The number of methoxy groups -OCH3 is 2. The van der Waals surface area contributed by atoms with E-state index in [1.54, 1.807) is 32.4 Å². The Balaban J connectivity index is 2.59. The van der Waals surface area contributed by atoms with E-state index in [2.05, 4.69) is 4.98 Å². The zero-order valence-corrected chi connectivity index (χ0v) is 9.47. The van der Waals surface area contributed by atoms with E-state index in [1.807, 2.05) is 0 Å². The van der Waals surface area contributed by atoms with Crippen LogP contribution in [-0.2, 0) is 0 Å². The second kappa shape index (κ2) is 4.69. The molecule has 5 nitrogen and oxygen atoms in total. The molecule has 1 aromatic heterocycles. The molecule has 2 rings (SSSR count). The predicted octanol–water partition coefficient (Wildman–Crippen LogP) is 2.17. The van der Waals surface area contributed by atoms with Crippen LogP contribution in [0.3, 0.4) is 0 Å². The van der Waals surface area contributed by atoms with E-state index in [9.17, 15) is 4.79 Å². The molecule has 0 N–H and O–H groups in total. The zero-order chi connectivity index (χ0) is 12.3. The Morgan fingerprint density at radius 1 is 1.29 bits per heavy atom. The van der Waals surface area contributed by atoms with E-state index < -0.39 is 0 Å². The van der Waals surface area contributed by atoms with Gasteiger partial charge in [-0.2, -0.15) is 0 Å². The lowest BCUT2D eigenvalue weighted by Crippen LogP contribution is -1.92. The Kier molecular flexibility index (Phi) is 3.09. The van der Waals surface area contributed by atoms with Crippen LogP contribution in [0.5, 0.6) is 11.5 Å². The van der Waals surface area contributed by atoms with Crippen molar-refractivity contribution in [3.8, 4) is 22.8 Å². The average molecular weight is 233 g/mol. The van der Waals surface area contributed by atoms with Gasteiger partial charge in [-0.3, -0.25) is 4.79 Å². The minimum atomic E-state index is 0.163. The molecule has 0 aliphatic heterocycles. The van der Waals surface area contributed by atoms with Crippen molar-refractivity contribution in [1.29, 1.82) is 0 Å². The third-order valence-electron chi connectivity index (χ3n) is 2.36. The van der Waals surface area contributed by atoms with Gasteiger partial charge in [-0.25, -0.2) is 4.98 Å². The molecule has 17 heavy (non-hydrogen) atoms. The van der Waals surface area contributed by atoms with E-state index in [0.717, 1.165) is 0 Å². The first-order valence-electron chi connectivity index (χ1n) is 4.91. The molecular weight excluding hydrogens is 222 g/mol. The van der Waals surface area contributed by atoms with Gasteiger partial charge in [0.05, 0.1) is 14.2 Å². The molecule has 0 saturated heterocycles. The number of aromatic nitrogens is 1. The van der Waals surface area contributed by atoms with Crippen LogP contribution in [0.2, 0.25) is 0 Å². The van der Waals surface area contributed by atoms with Crippen molar-refractivity contribution in [2.24, 2.45) is 0 Å². The molecule has 0 aliphatic carbocycles. The van der Waals surface area contributed by atoms with Crippen LogP contribution in [0.25, 0.3) is 11.3 Å². The van der Waals surface area contributed by atoms with Crippen LogP contribution in [-0.4, -0.2) is 25.5 Å². The zero-order valence-electron chi connectivity index (χ0n) is 9.47. The van der Waals surface area contributed by atoms with Crippen molar-refractivity contribution in [3.63, 3.8) is 0 Å². The first-order chi connectivity index (χ1) is 8.30. The fourth-order valence-corrected chi connectivity index (χ4v) is 1.54. The molecule has 0 amide bonds. The van der Waals surface area contributed by atoms with Crippen LogP contribution in [0, 0.1) is 0 Å². The number of nitrogens with zero attached hydrogens (tertiary/aromatic N) is 1. The molecule has 0 unspecified atom stereocenters. The van der Waals surface area contributed by atoms with Crippen molar-refractivity contribution in [3.05, 3.63) is 30.4 Å². The van der Waals surface area contributed by atoms with Crippen LogP contribution >= 0.6 is 0 Å². The number of hydrogen-bond donors (Lipinski definition) is 0. The van der Waals surface area contributed by atoms with Crippen molar-refractivity contribution < 1.29 is 18.7 Å². The normalized spacial score (nSPS) is 10.0. The summed E-state index contributed by atoms with van der Waals surface area (Å²) in [5.74, 6) is 1.42. The standard InChI is InChI=1S/C12H11NO4/c1-15-8-3-4-10(16-2)9(5-8)12-11(6-14)17-7-13-12/h3-7H,1-2H3. The Bertz CT molecular complexity index is 533. The molecule has 0 aliphatic rings. The number of hydrogen-bond acceptors (Lipinski definition) is 5. The van der Waals surface area contributed by atoms with E-state index in [4.69, 9.17) is 13.9 Å². The lowest BCUT2D eigenvalue weighted by Gasteiger charge is -2.08. The fraction of sp³-hybridized carbons (Fsp3) is 0.167. The van der Waals surface area contributed by atoms with Gasteiger partial charge in [0, 0.05) is 5.56 Å². The summed E-state index contributed by atoms with van der Waals surface area (Å²) in [6.45, 7) is 0. The predicted molar refractivity (Wildman–Crippen MR) is 60.4 cm³/mol. The Labute approximate surface area is 98.0 Å². The van der Waals surface area contributed by atoms with Gasteiger partial charge < -0.3 is 13.9 Å². The third-order valence-corrected chi connectivity index (χ3v) is 2.36. The van der Waals surface area contributed by atoms with Gasteiger partial charge in [-0.05, 0) is 18.2 Å². The minimum absolute atomic E-state index is 0.163. The van der Waals surface area contributed by atoms with E-state index in [0.29, 0.717) is 29.0 Å². The summed E-state index contributed by atoms with van der Waals surface area (Å²) in [6.07, 6.45) is 1.83. The topological polar surface area (TPSA) is 61.6 Å². The second-order valence-electron chi connectivity index (χ2n) is 3.25. The van der Waals surface area contributed by atoms with E-state index >= 15 is 0 Å². The minimum Gasteiger partial charge on any atom is -0.497 e. The van der Waals surface area contributed by atoms with Crippen molar-refractivity contribution in [2.45, 2.75) is 0 Å². The molecule has 1 aromatic carbocycles. The molecule has 0 atom stereocenters. The lowest BCUT2D eigenvalue weighted by molar-refractivity contribution is 0.110. The highest BCUT2D eigenvalue weighted by Crippen LogP contribution is 2.33. The number of carbonyl (C=O) groups excluding carboxylic acids is 1. The Morgan fingerprint density at radius 3 is 2.76 bits per heavy atom. The summed E-state index contributed by atoms with van der Waals surface area (Å²) < 4.78 is 15.3. The number of rotatable bonds is 4. The molecule has 0 fully saturated rings. The monoisotopic (exact) mass is 233 g/mol. The van der Waals surface area contributed by atoms with Crippen molar-refractivity contribution in [1.82, 2.24) is 4.98 Å². The summed E-state index contributed by atoms with van der Waals surface area (Å²) in [6, 6.07) is 5.25. The molecule has 2 aromatic rings. The number of aldehydes is 1. The first-order valence-corrected chi connectivity index (χ1v) is 4.91. The van der Waals surface area contributed by atoms with Gasteiger partial charge in [-0.1, -0.05) is 0 Å². The summed E-state index contributed by atoms with van der Waals surface area (Å²) in [5, 5.41) is 0. The maximum Gasteiger partial charge on any atom is 0.194 e. The molecule has 0 saturated carbocycles. The van der Waals surface area contributed by atoms with E-state index in [1.165, 1.54) is 6.39 Å². The second-order valence-corrected chi connectivity index (χ2v) is 3.25. The maximum absolute atomic E-state index is 10.8. The number of benzene rings is 1. The molecule has 0 radical (unpaired) electrons. The number of ether oxygens (including phenoxy) is 2.